The Bertz CT molecular complexity index is 710. The van der Waals surface area contributed by atoms with Gasteiger partial charge in [0.05, 0.1) is 4.70 Å². The molecule has 108 valence electrons. The Balaban J connectivity index is 1.75. The third kappa shape index (κ3) is 2.67. The Morgan fingerprint density at radius 3 is 3.14 bits per heavy atom. The normalized spacial score (nSPS) is 17.9. The lowest BCUT2D eigenvalue weighted by atomic mass is 10.2. The van der Waals surface area contributed by atoms with Crippen LogP contribution in [0.1, 0.15) is 12.8 Å². The summed E-state index contributed by atoms with van der Waals surface area (Å²) in [5.74, 6) is -0.338. The summed E-state index contributed by atoms with van der Waals surface area (Å²) in [6.45, 7) is 4.09. The summed E-state index contributed by atoms with van der Waals surface area (Å²) in [6.07, 6.45) is 4.56. The second kappa shape index (κ2) is 5.65. The smallest absolute Gasteiger partial charge is 0.247 e. The molecule has 1 saturated heterocycles. The van der Waals surface area contributed by atoms with Gasteiger partial charge in [-0.1, -0.05) is 6.58 Å². The highest BCUT2D eigenvalue weighted by molar-refractivity contribution is 7.13. The lowest BCUT2D eigenvalue weighted by molar-refractivity contribution is -0.132. The van der Waals surface area contributed by atoms with Crippen molar-refractivity contribution < 1.29 is 9.59 Å². The minimum atomic E-state index is -0.410. The quantitative estimate of drug-likeness (QED) is 0.886. The molecule has 2 amide bonds. The van der Waals surface area contributed by atoms with E-state index in [0.717, 1.165) is 22.2 Å². The van der Waals surface area contributed by atoms with E-state index in [1.54, 1.807) is 11.1 Å². The average Bonchev–Trinajstić information content (AvgIpc) is 3.14. The Kier molecular flexibility index (Phi) is 3.70. The maximum atomic E-state index is 12.4. The largest absolute Gasteiger partial charge is 0.327 e. The summed E-state index contributed by atoms with van der Waals surface area (Å²) < 4.78 is 5.19. The first-order valence-corrected chi connectivity index (χ1v) is 7.55. The van der Waals surface area contributed by atoms with Crippen LogP contribution in [0.4, 0.5) is 5.69 Å². The van der Waals surface area contributed by atoms with Gasteiger partial charge in [0.2, 0.25) is 11.8 Å². The number of carbonyl (C=O) groups is 2. The van der Waals surface area contributed by atoms with Crippen molar-refractivity contribution in [1.82, 2.24) is 9.27 Å². The molecule has 1 unspecified atom stereocenters. The van der Waals surface area contributed by atoms with Gasteiger partial charge in [-0.15, -0.1) is 0 Å². The van der Waals surface area contributed by atoms with Crippen LogP contribution >= 0.6 is 11.5 Å². The molecule has 2 aromatic rings. The Morgan fingerprint density at radius 2 is 2.33 bits per heavy atom. The first kappa shape index (κ1) is 13.8. The molecule has 2 heterocycles. The van der Waals surface area contributed by atoms with Crippen LogP contribution in [0.5, 0.6) is 0 Å². The van der Waals surface area contributed by atoms with Crippen molar-refractivity contribution in [2.24, 2.45) is 0 Å². The van der Waals surface area contributed by atoms with E-state index in [2.05, 4.69) is 16.3 Å². The van der Waals surface area contributed by atoms with Crippen LogP contribution in [0, 0.1) is 0 Å². The lowest BCUT2D eigenvalue weighted by Crippen LogP contribution is -2.42. The summed E-state index contributed by atoms with van der Waals surface area (Å²) in [7, 11) is 0. The molecule has 1 aliphatic heterocycles. The van der Waals surface area contributed by atoms with Gasteiger partial charge in [-0.25, -0.2) is 0 Å². The van der Waals surface area contributed by atoms with E-state index in [9.17, 15) is 9.59 Å². The lowest BCUT2D eigenvalue weighted by Gasteiger charge is -2.22. The first-order chi connectivity index (χ1) is 10.2. The molecule has 1 aliphatic rings. The van der Waals surface area contributed by atoms with Gasteiger partial charge in [0.25, 0.3) is 0 Å². The van der Waals surface area contributed by atoms with Crippen LogP contribution in [-0.4, -0.2) is 33.7 Å². The molecule has 0 saturated carbocycles. The van der Waals surface area contributed by atoms with Gasteiger partial charge in [0, 0.05) is 23.8 Å². The van der Waals surface area contributed by atoms with Crippen molar-refractivity contribution in [3.8, 4) is 0 Å². The molecule has 0 radical (unpaired) electrons. The number of anilines is 1. The van der Waals surface area contributed by atoms with E-state index in [1.165, 1.54) is 17.6 Å². The fourth-order valence-electron chi connectivity index (χ4n) is 2.60. The zero-order valence-electron chi connectivity index (χ0n) is 11.4. The van der Waals surface area contributed by atoms with Gasteiger partial charge in [-0.2, -0.15) is 4.37 Å². The number of carbonyl (C=O) groups excluding carboxylic acids is 2. The second-order valence-corrected chi connectivity index (χ2v) is 5.79. The predicted octanol–water partition coefficient (Wildman–Crippen LogP) is 2.41. The molecule has 0 aliphatic carbocycles. The molecule has 1 aromatic carbocycles. The number of benzene rings is 1. The minimum Gasteiger partial charge on any atom is -0.327 e. The zero-order valence-corrected chi connectivity index (χ0v) is 12.2. The van der Waals surface area contributed by atoms with Crippen molar-refractivity contribution in [2.45, 2.75) is 18.9 Å². The van der Waals surface area contributed by atoms with Crippen LogP contribution in [-0.2, 0) is 9.59 Å². The van der Waals surface area contributed by atoms with Crippen molar-refractivity contribution in [2.75, 3.05) is 11.9 Å². The number of hydrogen-bond donors (Lipinski definition) is 1. The first-order valence-electron chi connectivity index (χ1n) is 6.77. The predicted molar refractivity (Wildman–Crippen MR) is 83.2 cm³/mol. The molecule has 1 fully saturated rings. The van der Waals surface area contributed by atoms with E-state index in [4.69, 9.17) is 0 Å². The zero-order chi connectivity index (χ0) is 14.8. The molecule has 1 N–H and O–H groups in total. The fourth-order valence-corrected chi connectivity index (χ4v) is 3.22. The number of nitrogens with one attached hydrogen (secondary N) is 1. The highest BCUT2D eigenvalue weighted by Crippen LogP contribution is 2.24. The summed E-state index contributed by atoms with van der Waals surface area (Å²) in [6, 6.07) is 5.27. The van der Waals surface area contributed by atoms with Gasteiger partial charge in [-0.05, 0) is 48.6 Å². The molecule has 3 rings (SSSR count). The molecule has 5 nitrogen and oxygen atoms in total. The van der Waals surface area contributed by atoms with Crippen LogP contribution in [0.15, 0.2) is 37.1 Å². The maximum Gasteiger partial charge on any atom is 0.247 e. The van der Waals surface area contributed by atoms with Crippen LogP contribution in [0.25, 0.3) is 10.1 Å². The minimum absolute atomic E-state index is 0.148. The number of rotatable bonds is 3. The molecular weight excluding hydrogens is 286 g/mol. The van der Waals surface area contributed by atoms with Crippen LogP contribution in [0.2, 0.25) is 0 Å². The molecular formula is C15H15N3O2S. The summed E-state index contributed by atoms with van der Waals surface area (Å²) in [4.78, 5) is 25.7. The molecule has 0 bridgehead atoms. The molecule has 21 heavy (non-hydrogen) atoms. The second-order valence-electron chi connectivity index (χ2n) is 4.96. The molecule has 1 aromatic heterocycles. The average molecular weight is 301 g/mol. The molecule has 0 spiro atoms. The van der Waals surface area contributed by atoms with E-state index >= 15 is 0 Å². The van der Waals surface area contributed by atoms with Gasteiger partial charge >= 0.3 is 0 Å². The molecule has 6 heteroatoms. The van der Waals surface area contributed by atoms with Crippen LogP contribution in [0.3, 0.4) is 0 Å². The Morgan fingerprint density at radius 1 is 1.48 bits per heavy atom. The summed E-state index contributed by atoms with van der Waals surface area (Å²) in [5.41, 5.74) is 0.727. The maximum absolute atomic E-state index is 12.4. The number of likely N-dealkylation sites (tertiary alicyclic amines) is 1. The number of fused-ring (bicyclic) bond motifs is 1. The number of nitrogens with zero attached hydrogens (tertiary/aromatic N) is 2. The van der Waals surface area contributed by atoms with E-state index < -0.39 is 6.04 Å². The third-order valence-corrected chi connectivity index (χ3v) is 4.41. The summed E-state index contributed by atoms with van der Waals surface area (Å²) in [5, 5.41) is 3.89. The van der Waals surface area contributed by atoms with Crippen LogP contribution < -0.4 is 5.32 Å². The SMILES string of the molecule is C=CC(=O)N1CCCC1C(=O)Nc1ccc2sncc2c1. The Hall–Kier alpha value is -2.21. The standard InChI is InChI=1S/C15H15N3O2S/c1-2-14(19)18-7-3-4-12(18)15(20)17-11-5-6-13-10(8-11)9-16-21-13/h2,5-6,8-9,12H,1,3-4,7H2,(H,17,20). The van der Waals surface area contributed by atoms with Gasteiger partial charge in [0.15, 0.2) is 0 Å². The van der Waals surface area contributed by atoms with Gasteiger partial charge < -0.3 is 10.2 Å². The highest BCUT2D eigenvalue weighted by Gasteiger charge is 2.32. The molecule has 1 atom stereocenters. The number of hydrogen-bond acceptors (Lipinski definition) is 4. The van der Waals surface area contributed by atoms with E-state index in [0.29, 0.717) is 13.0 Å². The number of amides is 2. The van der Waals surface area contributed by atoms with Gasteiger partial charge in [0.1, 0.15) is 6.04 Å². The monoisotopic (exact) mass is 301 g/mol. The van der Waals surface area contributed by atoms with Crippen molar-refractivity contribution in [3.05, 3.63) is 37.1 Å². The van der Waals surface area contributed by atoms with Crippen molar-refractivity contribution in [1.29, 1.82) is 0 Å². The van der Waals surface area contributed by atoms with E-state index in [1.807, 2.05) is 18.2 Å². The number of aromatic nitrogens is 1. The van der Waals surface area contributed by atoms with E-state index in [-0.39, 0.29) is 11.8 Å². The topological polar surface area (TPSA) is 62.3 Å². The Labute approximate surface area is 126 Å². The fraction of sp³-hybridized carbons (Fsp3) is 0.267. The highest BCUT2D eigenvalue weighted by atomic mass is 32.1. The third-order valence-electron chi connectivity index (χ3n) is 3.63. The van der Waals surface area contributed by atoms with Crippen molar-refractivity contribution in [3.63, 3.8) is 0 Å². The van der Waals surface area contributed by atoms with Gasteiger partial charge in [-0.3, -0.25) is 9.59 Å². The summed E-state index contributed by atoms with van der Waals surface area (Å²) >= 11 is 1.42. The van der Waals surface area contributed by atoms with Crippen molar-refractivity contribution >= 4 is 39.1 Å².